The molecule has 0 saturated carbocycles. The third-order valence-electron chi connectivity index (χ3n) is 1.79. The molecule has 1 aromatic rings. The van der Waals surface area contributed by atoms with E-state index in [1.807, 2.05) is 20.8 Å². The van der Waals surface area contributed by atoms with Gasteiger partial charge in [0.15, 0.2) is 5.82 Å². The van der Waals surface area contributed by atoms with E-state index in [4.69, 9.17) is 0 Å². The molecule has 1 rings (SSSR count). The van der Waals surface area contributed by atoms with Crippen LogP contribution < -0.4 is 5.32 Å². The van der Waals surface area contributed by atoms with Crippen molar-refractivity contribution in [1.82, 2.24) is 10.2 Å². The molecular weight excluding hydrogens is 246 g/mol. The van der Waals surface area contributed by atoms with E-state index >= 15 is 0 Å². The van der Waals surface area contributed by atoms with Crippen LogP contribution in [0.15, 0.2) is 6.07 Å². The average Bonchev–Trinajstić information content (AvgIpc) is 2.49. The van der Waals surface area contributed by atoms with Gasteiger partial charge in [-0.25, -0.2) is 0 Å². The molecule has 0 aliphatic rings. The molecule has 14 heavy (non-hydrogen) atoms. The maximum Gasteiger partial charge on any atom is 0.239 e. The van der Waals surface area contributed by atoms with Crippen LogP contribution in [0.2, 0.25) is 0 Å². The number of aromatic amines is 1. The number of aromatic nitrogens is 2. The lowest BCUT2D eigenvalue weighted by molar-refractivity contribution is -0.116. The standard InChI is InChI=1S/C9H14BrN3O/c1-5(2)8(10)9(14)11-7-4-6(3)12-13-7/h4-5,8H,1-3H3,(H2,11,12,13,14). The van der Waals surface area contributed by atoms with Crippen LogP contribution in [-0.4, -0.2) is 20.9 Å². The van der Waals surface area contributed by atoms with Crippen LogP contribution in [0, 0.1) is 12.8 Å². The highest BCUT2D eigenvalue weighted by Crippen LogP contribution is 2.14. The smallest absolute Gasteiger partial charge is 0.239 e. The number of H-pyrrole nitrogens is 1. The van der Waals surface area contributed by atoms with Gasteiger partial charge in [-0.3, -0.25) is 9.89 Å². The molecule has 0 saturated heterocycles. The molecule has 4 nitrogen and oxygen atoms in total. The van der Waals surface area contributed by atoms with Crippen LogP contribution in [0.25, 0.3) is 0 Å². The van der Waals surface area contributed by atoms with Gasteiger partial charge in [-0.15, -0.1) is 0 Å². The number of alkyl halides is 1. The van der Waals surface area contributed by atoms with E-state index < -0.39 is 0 Å². The van der Waals surface area contributed by atoms with Gasteiger partial charge in [-0.2, -0.15) is 5.10 Å². The third-order valence-corrected chi connectivity index (χ3v) is 3.27. The number of anilines is 1. The second kappa shape index (κ2) is 4.59. The fraction of sp³-hybridized carbons (Fsp3) is 0.556. The summed E-state index contributed by atoms with van der Waals surface area (Å²) >= 11 is 3.32. The Labute approximate surface area is 91.6 Å². The van der Waals surface area contributed by atoms with Crippen LogP contribution in [0.4, 0.5) is 5.82 Å². The van der Waals surface area contributed by atoms with Gasteiger partial charge in [-0.1, -0.05) is 29.8 Å². The highest BCUT2D eigenvalue weighted by atomic mass is 79.9. The second-order valence-corrected chi connectivity index (χ2v) is 4.56. The maximum atomic E-state index is 11.6. The fourth-order valence-electron chi connectivity index (χ4n) is 0.980. The first-order chi connectivity index (χ1) is 6.50. The maximum absolute atomic E-state index is 11.6. The monoisotopic (exact) mass is 259 g/mol. The summed E-state index contributed by atoms with van der Waals surface area (Å²) < 4.78 is 0. The SMILES string of the molecule is Cc1cc(NC(=O)C(Br)C(C)C)n[nH]1. The summed E-state index contributed by atoms with van der Waals surface area (Å²) in [6.45, 7) is 5.85. The second-order valence-electron chi connectivity index (χ2n) is 3.57. The molecule has 0 fully saturated rings. The van der Waals surface area contributed by atoms with Crippen molar-refractivity contribution < 1.29 is 4.79 Å². The summed E-state index contributed by atoms with van der Waals surface area (Å²) in [5.74, 6) is 0.763. The summed E-state index contributed by atoms with van der Waals surface area (Å²) in [4.78, 5) is 11.4. The number of hydrogen-bond acceptors (Lipinski definition) is 2. The van der Waals surface area contributed by atoms with E-state index in [9.17, 15) is 4.79 Å². The first-order valence-corrected chi connectivity index (χ1v) is 5.39. The quantitative estimate of drug-likeness (QED) is 0.817. The van der Waals surface area contributed by atoms with Gasteiger partial charge < -0.3 is 5.32 Å². The summed E-state index contributed by atoms with van der Waals surface area (Å²) in [6.07, 6.45) is 0. The molecule has 1 heterocycles. The zero-order valence-corrected chi connectivity index (χ0v) is 10.1. The molecule has 1 atom stereocenters. The number of aryl methyl sites for hydroxylation is 1. The molecule has 0 aliphatic carbocycles. The predicted molar refractivity (Wildman–Crippen MR) is 59.5 cm³/mol. The number of nitrogens with one attached hydrogen (secondary N) is 2. The van der Waals surface area contributed by atoms with Gasteiger partial charge in [0.25, 0.3) is 0 Å². The molecule has 2 N–H and O–H groups in total. The highest BCUT2D eigenvalue weighted by Gasteiger charge is 2.19. The number of halogens is 1. The Morgan fingerprint density at radius 3 is 2.71 bits per heavy atom. The molecule has 0 spiro atoms. The van der Waals surface area contributed by atoms with Crippen LogP contribution in [0.1, 0.15) is 19.5 Å². The Hall–Kier alpha value is -0.840. The minimum absolute atomic E-state index is 0.0634. The Kier molecular flexibility index (Phi) is 3.69. The van der Waals surface area contributed by atoms with Crippen molar-refractivity contribution in [2.45, 2.75) is 25.6 Å². The zero-order chi connectivity index (χ0) is 10.7. The topological polar surface area (TPSA) is 57.8 Å². The van der Waals surface area contributed by atoms with Gasteiger partial charge in [-0.05, 0) is 12.8 Å². The fourth-order valence-corrected chi connectivity index (χ4v) is 1.09. The van der Waals surface area contributed by atoms with E-state index in [-0.39, 0.29) is 16.7 Å². The number of amides is 1. The molecule has 0 radical (unpaired) electrons. The van der Waals surface area contributed by atoms with E-state index in [2.05, 4.69) is 31.4 Å². The summed E-state index contributed by atoms with van der Waals surface area (Å²) in [6, 6.07) is 1.79. The third kappa shape index (κ3) is 2.83. The molecule has 0 bridgehead atoms. The summed E-state index contributed by atoms with van der Waals surface area (Å²) in [5.41, 5.74) is 0.927. The summed E-state index contributed by atoms with van der Waals surface area (Å²) in [7, 11) is 0. The summed E-state index contributed by atoms with van der Waals surface area (Å²) in [5, 5.41) is 9.40. The molecular formula is C9H14BrN3O. The number of carbonyl (C=O) groups excluding carboxylic acids is 1. The van der Waals surface area contributed by atoms with Gasteiger partial charge >= 0.3 is 0 Å². The molecule has 5 heteroatoms. The molecule has 0 aromatic carbocycles. The van der Waals surface area contributed by atoms with Crippen molar-refractivity contribution in [2.75, 3.05) is 5.32 Å². The Bertz CT molecular complexity index is 322. The lowest BCUT2D eigenvalue weighted by atomic mass is 10.1. The zero-order valence-electron chi connectivity index (χ0n) is 8.47. The number of carbonyl (C=O) groups is 1. The van der Waals surface area contributed by atoms with Gasteiger partial charge in [0.1, 0.15) is 0 Å². The van der Waals surface area contributed by atoms with Crippen LogP contribution >= 0.6 is 15.9 Å². The predicted octanol–water partition coefficient (Wildman–Crippen LogP) is 2.08. The largest absolute Gasteiger partial charge is 0.308 e. The van der Waals surface area contributed by atoms with Crippen molar-refractivity contribution in [2.24, 2.45) is 5.92 Å². The van der Waals surface area contributed by atoms with Gasteiger partial charge in [0.05, 0.1) is 4.83 Å². The highest BCUT2D eigenvalue weighted by molar-refractivity contribution is 9.10. The minimum atomic E-state index is -0.181. The lowest BCUT2D eigenvalue weighted by Gasteiger charge is -2.11. The molecule has 1 unspecified atom stereocenters. The van der Waals surface area contributed by atoms with Gasteiger partial charge in [0, 0.05) is 11.8 Å². The Morgan fingerprint density at radius 1 is 1.64 bits per heavy atom. The average molecular weight is 260 g/mol. The van der Waals surface area contributed by atoms with Crippen molar-refractivity contribution >= 4 is 27.7 Å². The number of hydrogen-bond donors (Lipinski definition) is 2. The number of nitrogens with zero attached hydrogens (tertiary/aromatic N) is 1. The lowest BCUT2D eigenvalue weighted by Crippen LogP contribution is -2.27. The van der Waals surface area contributed by atoms with Crippen LogP contribution in [0.3, 0.4) is 0 Å². The first-order valence-electron chi connectivity index (χ1n) is 4.47. The van der Waals surface area contributed by atoms with Crippen LogP contribution in [0.5, 0.6) is 0 Å². The van der Waals surface area contributed by atoms with Crippen molar-refractivity contribution in [3.63, 3.8) is 0 Å². The molecule has 1 aromatic heterocycles. The normalized spacial score (nSPS) is 12.9. The Balaban J connectivity index is 2.57. The van der Waals surface area contributed by atoms with E-state index in [0.717, 1.165) is 5.69 Å². The van der Waals surface area contributed by atoms with E-state index in [0.29, 0.717) is 5.82 Å². The first kappa shape index (κ1) is 11.2. The van der Waals surface area contributed by atoms with Crippen molar-refractivity contribution in [1.29, 1.82) is 0 Å². The van der Waals surface area contributed by atoms with E-state index in [1.54, 1.807) is 6.07 Å². The van der Waals surface area contributed by atoms with Crippen molar-refractivity contribution in [3.8, 4) is 0 Å². The minimum Gasteiger partial charge on any atom is -0.308 e. The Morgan fingerprint density at radius 2 is 2.29 bits per heavy atom. The molecule has 1 amide bonds. The molecule has 78 valence electrons. The van der Waals surface area contributed by atoms with Gasteiger partial charge in [0.2, 0.25) is 5.91 Å². The molecule has 0 aliphatic heterocycles. The van der Waals surface area contributed by atoms with Crippen molar-refractivity contribution in [3.05, 3.63) is 11.8 Å². The number of rotatable bonds is 3. The van der Waals surface area contributed by atoms with Crippen LogP contribution in [-0.2, 0) is 4.79 Å². The van der Waals surface area contributed by atoms with E-state index in [1.165, 1.54) is 0 Å².